The second-order valence-electron chi connectivity index (χ2n) is 4.96. The van der Waals surface area contributed by atoms with Crippen molar-refractivity contribution in [1.29, 1.82) is 0 Å². The maximum Gasteiger partial charge on any atom is 0.165 e. The zero-order valence-corrected chi connectivity index (χ0v) is 10.4. The van der Waals surface area contributed by atoms with Crippen molar-refractivity contribution in [3.05, 3.63) is 29.6 Å². The van der Waals surface area contributed by atoms with E-state index in [9.17, 15) is 4.39 Å². The first-order valence-corrected chi connectivity index (χ1v) is 5.72. The van der Waals surface area contributed by atoms with Gasteiger partial charge in [0, 0.05) is 12.1 Å². The van der Waals surface area contributed by atoms with Gasteiger partial charge in [0.1, 0.15) is 0 Å². The maximum absolute atomic E-state index is 13.6. The number of halogens is 1. The molecule has 0 spiro atoms. The Morgan fingerprint density at radius 2 is 2.24 bits per heavy atom. The highest BCUT2D eigenvalue weighted by Crippen LogP contribution is 2.27. The van der Waals surface area contributed by atoms with Gasteiger partial charge in [-0.15, -0.1) is 0 Å². The lowest BCUT2D eigenvalue weighted by Crippen LogP contribution is -2.50. The third-order valence-corrected chi connectivity index (χ3v) is 2.96. The van der Waals surface area contributed by atoms with Crippen LogP contribution in [0.3, 0.4) is 0 Å². The lowest BCUT2D eigenvalue weighted by Gasteiger charge is -2.36. The van der Waals surface area contributed by atoms with Crippen molar-refractivity contribution in [2.75, 3.05) is 20.3 Å². The molecule has 17 heavy (non-hydrogen) atoms. The molecule has 1 aliphatic rings. The van der Waals surface area contributed by atoms with Crippen LogP contribution in [0.15, 0.2) is 18.2 Å². The number of benzene rings is 1. The van der Waals surface area contributed by atoms with E-state index in [1.807, 2.05) is 6.07 Å². The van der Waals surface area contributed by atoms with E-state index < -0.39 is 0 Å². The van der Waals surface area contributed by atoms with Gasteiger partial charge >= 0.3 is 0 Å². The quantitative estimate of drug-likeness (QED) is 0.858. The zero-order valence-electron chi connectivity index (χ0n) is 10.4. The Balaban J connectivity index is 2.11. The standard InChI is InChI=1S/C13H18FNO2/c1-13(2)8-17-12(7-15-13)9-4-5-11(16-3)10(14)6-9/h4-6,12,15H,7-8H2,1-3H3. The number of nitrogens with one attached hydrogen (secondary N) is 1. The molecule has 94 valence electrons. The minimum absolute atomic E-state index is 0.0124. The smallest absolute Gasteiger partial charge is 0.165 e. The number of ether oxygens (including phenoxy) is 2. The predicted molar refractivity (Wildman–Crippen MR) is 63.7 cm³/mol. The van der Waals surface area contributed by atoms with Crippen molar-refractivity contribution < 1.29 is 13.9 Å². The second-order valence-corrected chi connectivity index (χ2v) is 4.96. The van der Waals surface area contributed by atoms with Crippen LogP contribution < -0.4 is 10.1 Å². The van der Waals surface area contributed by atoms with Crippen LogP contribution in [0.25, 0.3) is 0 Å². The monoisotopic (exact) mass is 239 g/mol. The van der Waals surface area contributed by atoms with Crippen LogP contribution in [0.4, 0.5) is 4.39 Å². The molecular formula is C13H18FNO2. The summed E-state index contributed by atoms with van der Waals surface area (Å²) < 4.78 is 24.2. The fraction of sp³-hybridized carbons (Fsp3) is 0.538. The Bertz CT molecular complexity index is 396. The fourth-order valence-corrected chi connectivity index (χ4v) is 1.88. The van der Waals surface area contributed by atoms with Crippen molar-refractivity contribution in [2.24, 2.45) is 0 Å². The summed E-state index contributed by atoms with van der Waals surface area (Å²) in [5.74, 6) is -0.0868. The van der Waals surface area contributed by atoms with E-state index in [4.69, 9.17) is 9.47 Å². The van der Waals surface area contributed by atoms with Crippen LogP contribution in [0.5, 0.6) is 5.75 Å². The molecule has 1 aliphatic heterocycles. The number of morpholine rings is 1. The number of hydrogen-bond donors (Lipinski definition) is 1. The molecule has 3 nitrogen and oxygen atoms in total. The van der Waals surface area contributed by atoms with Gasteiger partial charge in [-0.2, -0.15) is 0 Å². The molecule has 1 saturated heterocycles. The van der Waals surface area contributed by atoms with E-state index in [-0.39, 0.29) is 23.2 Å². The summed E-state index contributed by atoms with van der Waals surface area (Å²) in [6, 6.07) is 4.95. The first-order valence-electron chi connectivity index (χ1n) is 5.72. The topological polar surface area (TPSA) is 30.5 Å². The van der Waals surface area contributed by atoms with Gasteiger partial charge in [0.25, 0.3) is 0 Å². The van der Waals surface area contributed by atoms with Gasteiger partial charge in [-0.1, -0.05) is 6.07 Å². The SMILES string of the molecule is COc1ccc(C2CNC(C)(C)CO2)cc1F. The molecule has 0 amide bonds. The maximum atomic E-state index is 13.6. The van der Waals surface area contributed by atoms with Gasteiger partial charge in [0.15, 0.2) is 11.6 Å². The Labute approximate surface area is 101 Å². The van der Waals surface area contributed by atoms with Crippen LogP contribution in [0.2, 0.25) is 0 Å². The molecule has 1 atom stereocenters. The van der Waals surface area contributed by atoms with Gasteiger partial charge < -0.3 is 14.8 Å². The minimum atomic E-state index is -0.349. The molecule has 4 heteroatoms. The van der Waals surface area contributed by atoms with Crippen LogP contribution in [0, 0.1) is 5.82 Å². The second kappa shape index (κ2) is 4.63. The lowest BCUT2D eigenvalue weighted by atomic mass is 10.0. The van der Waals surface area contributed by atoms with E-state index >= 15 is 0 Å². The third kappa shape index (κ3) is 2.76. The molecule has 0 aliphatic carbocycles. The summed E-state index contributed by atoms with van der Waals surface area (Å²) in [4.78, 5) is 0. The van der Waals surface area contributed by atoms with Crippen LogP contribution in [0.1, 0.15) is 25.5 Å². The van der Waals surface area contributed by atoms with Crippen molar-refractivity contribution in [3.8, 4) is 5.75 Å². The largest absolute Gasteiger partial charge is 0.494 e. The Hall–Kier alpha value is -1.13. The summed E-state index contributed by atoms with van der Waals surface area (Å²) in [5, 5.41) is 3.38. The molecule has 1 fully saturated rings. The van der Waals surface area contributed by atoms with Gasteiger partial charge in [-0.25, -0.2) is 4.39 Å². The van der Waals surface area contributed by atoms with E-state index in [2.05, 4.69) is 19.2 Å². The molecule has 0 bridgehead atoms. The van der Waals surface area contributed by atoms with Gasteiger partial charge in [0.2, 0.25) is 0 Å². The van der Waals surface area contributed by atoms with E-state index in [1.165, 1.54) is 13.2 Å². The Morgan fingerprint density at radius 1 is 1.47 bits per heavy atom. The highest BCUT2D eigenvalue weighted by Gasteiger charge is 2.27. The van der Waals surface area contributed by atoms with Crippen LogP contribution in [-0.4, -0.2) is 25.8 Å². The van der Waals surface area contributed by atoms with Crippen LogP contribution >= 0.6 is 0 Å². The summed E-state index contributed by atoms with van der Waals surface area (Å²) in [6.45, 7) is 5.47. The molecule has 0 aromatic heterocycles. The number of hydrogen-bond acceptors (Lipinski definition) is 3. The molecule has 1 aromatic carbocycles. The molecule has 0 saturated carbocycles. The first kappa shape index (κ1) is 12.3. The summed E-state index contributed by atoms with van der Waals surface area (Å²) in [5.41, 5.74) is 0.827. The van der Waals surface area contributed by atoms with Crippen molar-refractivity contribution in [3.63, 3.8) is 0 Å². The Kier molecular flexibility index (Phi) is 3.35. The van der Waals surface area contributed by atoms with E-state index in [0.717, 1.165) is 5.56 Å². The average molecular weight is 239 g/mol. The number of methoxy groups -OCH3 is 1. The van der Waals surface area contributed by atoms with Crippen molar-refractivity contribution in [1.82, 2.24) is 5.32 Å². The number of rotatable bonds is 2. The predicted octanol–water partition coefficient (Wildman–Crippen LogP) is 2.27. The average Bonchev–Trinajstić information content (AvgIpc) is 2.29. The molecule has 1 heterocycles. The highest BCUT2D eigenvalue weighted by molar-refractivity contribution is 5.30. The summed E-state index contributed by atoms with van der Waals surface area (Å²) in [6.07, 6.45) is -0.0940. The lowest BCUT2D eigenvalue weighted by molar-refractivity contribution is -0.0230. The van der Waals surface area contributed by atoms with Crippen molar-refractivity contribution in [2.45, 2.75) is 25.5 Å². The molecular weight excluding hydrogens is 221 g/mol. The van der Waals surface area contributed by atoms with E-state index in [1.54, 1.807) is 6.07 Å². The van der Waals surface area contributed by atoms with E-state index in [0.29, 0.717) is 13.2 Å². The van der Waals surface area contributed by atoms with Crippen molar-refractivity contribution >= 4 is 0 Å². The Morgan fingerprint density at radius 3 is 2.76 bits per heavy atom. The molecule has 1 unspecified atom stereocenters. The summed E-state index contributed by atoms with van der Waals surface area (Å²) >= 11 is 0. The van der Waals surface area contributed by atoms with Crippen LogP contribution in [-0.2, 0) is 4.74 Å². The zero-order chi connectivity index (χ0) is 12.5. The third-order valence-electron chi connectivity index (χ3n) is 2.96. The minimum Gasteiger partial charge on any atom is -0.494 e. The van der Waals surface area contributed by atoms with Gasteiger partial charge in [0.05, 0.1) is 19.8 Å². The fourth-order valence-electron chi connectivity index (χ4n) is 1.88. The first-order chi connectivity index (χ1) is 8.02. The highest BCUT2D eigenvalue weighted by atomic mass is 19.1. The normalized spacial score (nSPS) is 23.4. The molecule has 2 rings (SSSR count). The van der Waals surface area contributed by atoms with Gasteiger partial charge in [-0.3, -0.25) is 0 Å². The van der Waals surface area contributed by atoms with Gasteiger partial charge in [-0.05, 0) is 31.5 Å². The molecule has 0 radical (unpaired) electrons. The molecule has 1 N–H and O–H groups in total. The summed E-state index contributed by atoms with van der Waals surface area (Å²) in [7, 11) is 1.46. The molecule has 1 aromatic rings.